The molecule has 3 rings (SSSR count). The van der Waals surface area contributed by atoms with Gasteiger partial charge in [0.25, 0.3) is 5.91 Å². The third-order valence-corrected chi connectivity index (χ3v) is 5.54. The molecule has 39 heavy (non-hydrogen) atoms. The number of rotatable bonds is 7. The van der Waals surface area contributed by atoms with E-state index in [1.54, 1.807) is 24.3 Å². The van der Waals surface area contributed by atoms with Crippen molar-refractivity contribution in [2.24, 2.45) is 0 Å². The normalized spacial score (nSPS) is 13.8. The number of carboxylic acid groups (broad SMARTS) is 2. The van der Waals surface area contributed by atoms with E-state index in [9.17, 15) is 32.7 Å². The van der Waals surface area contributed by atoms with Gasteiger partial charge in [-0.25, -0.2) is 9.59 Å². The number of hydrogen-bond donors (Lipinski definition) is 4. The molecule has 0 unspecified atom stereocenters. The molecule has 0 bridgehead atoms. The van der Waals surface area contributed by atoms with E-state index in [1.165, 1.54) is 6.07 Å². The number of aryl methyl sites for hydroxylation is 1. The van der Waals surface area contributed by atoms with Crippen molar-refractivity contribution in [1.82, 2.24) is 10.2 Å². The van der Waals surface area contributed by atoms with Crippen LogP contribution in [-0.2, 0) is 9.59 Å². The van der Waals surface area contributed by atoms with Gasteiger partial charge in [-0.15, -0.1) is 0 Å². The van der Waals surface area contributed by atoms with Crippen molar-refractivity contribution in [3.05, 3.63) is 59.2 Å². The molecule has 10 nitrogen and oxygen atoms in total. The molecule has 2 aromatic rings. The van der Waals surface area contributed by atoms with E-state index in [1.807, 2.05) is 37.8 Å². The SMILES string of the molecule is Cc1cccc(C(=O)Nc2ccc(N3CCN(CC(=O)NC(C)C)CC3)c(C(=O)O)c2)c1.O=C(O)C(F)(F)F. The molecule has 0 radical (unpaired) electrons. The van der Waals surface area contributed by atoms with Crippen LogP contribution >= 0.6 is 0 Å². The number of amides is 2. The van der Waals surface area contributed by atoms with Gasteiger partial charge < -0.3 is 25.7 Å². The molecule has 0 aromatic heterocycles. The lowest BCUT2D eigenvalue weighted by Crippen LogP contribution is -2.50. The largest absolute Gasteiger partial charge is 0.490 e. The Morgan fingerprint density at radius 3 is 2.10 bits per heavy atom. The molecular formula is C26H31F3N4O6. The molecule has 1 aliphatic heterocycles. The van der Waals surface area contributed by atoms with Crippen LogP contribution in [-0.4, -0.2) is 83.8 Å². The van der Waals surface area contributed by atoms with Gasteiger partial charge in [-0.3, -0.25) is 14.5 Å². The van der Waals surface area contributed by atoms with E-state index in [4.69, 9.17) is 9.90 Å². The predicted molar refractivity (Wildman–Crippen MR) is 138 cm³/mol. The highest BCUT2D eigenvalue weighted by Gasteiger charge is 2.38. The monoisotopic (exact) mass is 552 g/mol. The van der Waals surface area contributed by atoms with E-state index in [0.717, 1.165) is 5.56 Å². The van der Waals surface area contributed by atoms with Gasteiger partial charge in [0.05, 0.1) is 17.8 Å². The van der Waals surface area contributed by atoms with E-state index < -0.39 is 18.1 Å². The molecule has 2 aromatic carbocycles. The van der Waals surface area contributed by atoms with Gasteiger partial charge in [-0.1, -0.05) is 17.7 Å². The fourth-order valence-corrected chi connectivity index (χ4v) is 3.77. The number of nitrogens with zero attached hydrogens (tertiary/aromatic N) is 2. The minimum Gasteiger partial charge on any atom is -0.478 e. The van der Waals surface area contributed by atoms with Crippen LogP contribution in [0.5, 0.6) is 0 Å². The number of anilines is 2. The third-order valence-electron chi connectivity index (χ3n) is 5.54. The number of alkyl halides is 3. The van der Waals surface area contributed by atoms with Crippen LogP contribution in [0, 0.1) is 6.92 Å². The molecule has 1 saturated heterocycles. The summed E-state index contributed by atoms with van der Waals surface area (Å²) in [7, 11) is 0. The molecular weight excluding hydrogens is 521 g/mol. The first-order valence-corrected chi connectivity index (χ1v) is 12.0. The number of carboxylic acids is 2. The molecule has 0 atom stereocenters. The summed E-state index contributed by atoms with van der Waals surface area (Å²) in [6, 6.07) is 12.3. The molecule has 4 N–H and O–H groups in total. The zero-order chi connectivity index (χ0) is 29.3. The Bertz CT molecular complexity index is 1190. The molecule has 0 saturated carbocycles. The minimum absolute atomic E-state index is 0.00613. The van der Waals surface area contributed by atoms with Gasteiger partial charge in [0.15, 0.2) is 0 Å². The number of nitrogens with one attached hydrogen (secondary N) is 2. The van der Waals surface area contributed by atoms with Gasteiger partial charge in [-0.2, -0.15) is 13.2 Å². The Morgan fingerprint density at radius 1 is 0.974 bits per heavy atom. The van der Waals surface area contributed by atoms with Crippen LogP contribution in [0.25, 0.3) is 0 Å². The number of aromatic carboxylic acids is 1. The lowest BCUT2D eigenvalue weighted by Gasteiger charge is -2.36. The van der Waals surface area contributed by atoms with E-state index >= 15 is 0 Å². The topological polar surface area (TPSA) is 139 Å². The predicted octanol–water partition coefficient (Wildman–Crippen LogP) is 3.23. The Labute approximate surface area is 223 Å². The third kappa shape index (κ3) is 9.93. The number of hydrogen-bond acceptors (Lipinski definition) is 6. The molecule has 2 amide bonds. The highest BCUT2D eigenvalue weighted by atomic mass is 19.4. The van der Waals surface area contributed by atoms with Crippen molar-refractivity contribution >= 4 is 35.1 Å². The number of aliphatic carboxylic acids is 1. The Kier molecular flexibility index (Phi) is 10.8. The summed E-state index contributed by atoms with van der Waals surface area (Å²) in [5.74, 6) is -4.10. The van der Waals surface area contributed by atoms with Crippen LogP contribution < -0.4 is 15.5 Å². The van der Waals surface area contributed by atoms with Crippen molar-refractivity contribution in [2.45, 2.75) is 33.0 Å². The quantitative estimate of drug-likeness (QED) is 0.411. The summed E-state index contributed by atoms with van der Waals surface area (Å²) in [6.07, 6.45) is -5.08. The van der Waals surface area contributed by atoms with Crippen molar-refractivity contribution in [3.63, 3.8) is 0 Å². The Balaban J connectivity index is 0.000000673. The van der Waals surface area contributed by atoms with Gasteiger partial charge in [-0.05, 0) is 51.1 Å². The van der Waals surface area contributed by atoms with E-state index in [2.05, 4.69) is 15.5 Å². The lowest BCUT2D eigenvalue weighted by molar-refractivity contribution is -0.192. The summed E-state index contributed by atoms with van der Waals surface area (Å²) >= 11 is 0. The van der Waals surface area contributed by atoms with Gasteiger partial charge >= 0.3 is 18.1 Å². The maximum Gasteiger partial charge on any atom is 0.490 e. The first-order valence-electron chi connectivity index (χ1n) is 12.0. The van der Waals surface area contributed by atoms with Crippen LogP contribution in [0.1, 0.15) is 40.1 Å². The van der Waals surface area contributed by atoms with E-state index in [-0.39, 0.29) is 23.4 Å². The van der Waals surface area contributed by atoms with Crippen LogP contribution in [0.3, 0.4) is 0 Å². The maximum absolute atomic E-state index is 12.5. The molecule has 1 fully saturated rings. The van der Waals surface area contributed by atoms with Crippen LogP contribution in [0.4, 0.5) is 24.5 Å². The lowest BCUT2D eigenvalue weighted by atomic mass is 10.1. The van der Waals surface area contributed by atoms with Gasteiger partial charge in [0.2, 0.25) is 5.91 Å². The fourth-order valence-electron chi connectivity index (χ4n) is 3.77. The summed E-state index contributed by atoms with van der Waals surface area (Å²) in [5, 5.41) is 22.6. The second-order valence-electron chi connectivity index (χ2n) is 9.15. The standard InChI is InChI=1S/C24H30N4O4.C2HF3O2/c1-16(2)25-22(29)15-27-9-11-28(12-10-27)21-8-7-19(14-20(21)24(31)32)26-23(30)18-6-4-5-17(3)13-18;3-2(4,5)1(6)7/h4-8,13-14,16H,9-12,15H2,1-3H3,(H,25,29)(H,26,30)(H,31,32);(H,6,7). The minimum atomic E-state index is -5.08. The van der Waals surface area contributed by atoms with Gasteiger partial charge in [0, 0.05) is 43.5 Å². The zero-order valence-corrected chi connectivity index (χ0v) is 21.7. The van der Waals surface area contributed by atoms with Crippen molar-refractivity contribution in [1.29, 1.82) is 0 Å². The molecule has 1 aliphatic rings. The average Bonchev–Trinajstić information content (AvgIpc) is 2.84. The molecule has 13 heteroatoms. The Hall–Kier alpha value is -4.13. The Morgan fingerprint density at radius 2 is 1.59 bits per heavy atom. The summed E-state index contributed by atoms with van der Waals surface area (Å²) in [5.41, 5.74) is 2.67. The molecule has 0 aliphatic carbocycles. The first-order chi connectivity index (χ1) is 18.2. The summed E-state index contributed by atoms with van der Waals surface area (Å²) < 4.78 is 31.7. The zero-order valence-electron chi connectivity index (χ0n) is 21.7. The van der Waals surface area contributed by atoms with Crippen LogP contribution in [0.2, 0.25) is 0 Å². The number of carbonyl (C=O) groups excluding carboxylic acids is 2. The van der Waals surface area contributed by atoms with Crippen molar-refractivity contribution in [2.75, 3.05) is 42.9 Å². The first kappa shape index (κ1) is 31.1. The van der Waals surface area contributed by atoms with Crippen molar-refractivity contribution in [3.8, 4) is 0 Å². The maximum atomic E-state index is 12.5. The summed E-state index contributed by atoms with van der Waals surface area (Å²) in [4.78, 5) is 49.4. The number of halogens is 3. The smallest absolute Gasteiger partial charge is 0.478 e. The van der Waals surface area contributed by atoms with Gasteiger partial charge in [0.1, 0.15) is 0 Å². The van der Waals surface area contributed by atoms with Crippen LogP contribution in [0.15, 0.2) is 42.5 Å². The second kappa shape index (κ2) is 13.6. The number of carbonyl (C=O) groups is 4. The number of benzene rings is 2. The molecule has 212 valence electrons. The molecule has 0 spiro atoms. The summed E-state index contributed by atoms with van der Waals surface area (Å²) in [6.45, 7) is 8.65. The second-order valence-corrected chi connectivity index (χ2v) is 9.15. The highest BCUT2D eigenvalue weighted by Crippen LogP contribution is 2.26. The molecule has 1 heterocycles. The number of piperazine rings is 1. The highest BCUT2D eigenvalue weighted by molar-refractivity contribution is 6.05. The van der Waals surface area contributed by atoms with Crippen molar-refractivity contribution < 1.29 is 42.6 Å². The van der Waals surface area contributed by atoms with E-state index in [0.29, 0.717) is 49.7 Å². The fraction of sp³-hybridized carbons (Fsp3) is 0.385. The average molecular weight is 553 g/mol.